The number of alkyl halides is 1. The maximum Gasteiger partial charge on any atom is 0.0436 e. The zero-order valence-electron chi connectivity index (χ0n) is 11.8. The lowest BCUT2D eigenvalue weighted by atomic mass is 9.98. The molecule has 1 atom stereocenters. The highest BCUT2D eigenvalue weighted by Gasteiger charge is 2.11. The van der Waals surface area contributed by atoms with Gasteiger partial charge in [0.2, 0.25) is 0 Å². The summed E-state index contributed by atoms with van der Waals surface area (Å²) >= 11 is 9.99. The van der Waals surface area contributed by atoms with E-state index in [1.54, 1.807) is 0 Å². The Balaban J connectivity index is 1.94. The van der Waals surface area contributed by atoms with Crippen molar-refractivity contribution < 1.29 is 0 Å². The maximum atomic E-state index is 6.17. The average molecular weight is 360 g/mol. The summed E-state index contributed by atoms with van der Waals surface area (Å²) in [6.07, 6.45) is 0.946. The lowest BCUT2D eigenvalue weighted by molar-refractivity contribution is 0.955. The van der Waals surface area contributed by atoms with Crippen LogP contribution in [-0.2, 0) is 6.42 Å². The number of hydrogen-bond donors (Lipinski definition) is 0. The topological polar surface area (TPSA) is 0 Å². The van der Waals surface area contributed by atoms with E-state index < -0.39 is 0 Å². The summed E-state index contributed by atoms with van der Waals surface area (Å²) in [6, 6.07) is 21.2. The van der Waals surface area contributed by atoms with E-state index >= 15 is 0 Å². The van der Waals surface area contributed by atoms with E-state index in [-0.39, 0.29) is 4.83 Å². The molecule has 0 aliphatic rings. The van der Waals surface area contributed by atoms with Crippen LogP contribution in [0.3, 0.4) is 0 Å². The molecule has 0 saturated carbocycles. The minimum absolute atomic E-state index is 0.265. The Morgan fingerprint density at radius 2 is 1.76 bits per heavy atom. The molecule has 0 spiro atoms. The molecule has 0 aliphatic carbocycles. The normalized spacial score (nSPS) is 12.5. The van der Waals surface area contributed by atoms with Gasteiger partial charge in [-0.25, -0.2) is 0 Å². The fraction of sp³-hybridized carbons (Fsp3) is 0.158. The van der Waals surface area contributed by atoms with Gasteiger partial charge in [0, 0.05) is 9.85 Å². The van der Waals surface area contributed by atoms with Crippen LogP contribution in [0.15, 0.2) is 60.7 Å². The minimum atomic E-state index is 0.265. The van der Waals surface area contributed by atoms with Crippen molar-refractivity contribution in [3.05, 3.63) is 82.4 Å². The number of rotatable bonds is 3. The molecule has 0 N–H and O–H groups in total. The van der Waals surface area contributed by atoms with Gasteiger partial charge in [0.1, 0.15) is 0 Å². The van der Waals surface area contributed by atoms with Gasteiger partial charge in [0.15, 0.2) is 0 Å². The highest BCUT2D eigenvalue weighted by atomic mass is 79.9. The van der Waals surface area contributed by atoms with E-state index in [0.717, 1.165) is 11.4 Å². The van der Waals surface area contributed by atoms with Crippen LogP contribution in [0.2, 0.25) is 5.02 Å². The molecule has 0 fully saturated rings. The number of hydrogen-bond acceptors (Lipinski definition) is 0. The number of aryl methyl sites for hydroxylation is 1. The zero-order valence-corrected chi connectivity index (χ0v) is 14.2. The fourth-order valence-corrected chi connectivity index (χ4v) is 3.64. The lowest BCUT2D eigenvalue weighted by Crippen LogP contribution is -1.97. The second-order valence-electron chi connectivity index (χ2n) is 5.37. The summed E-state index contributed by atoms with van der Waals surface area (Å²) in [4.78, 5) is 0.265. The third-order valence-electron chi connectivity index (χ3n) is 3.71. The van der Waals surface area contributed by atoms with Crippen molar-refractivity contribution in [2.45, 2.75) is 18.2 Å². The molecule has 1 unspecified atom stereocenters. The predicted octanol–water partition coefficient (Wildman–Crippen LogP) is 6.48. The van der Waals surface area contributed by atoms with E-state index in [1.807, 2.05) is 12.1 Å². The van der Waals surface area contributed by atoms with Crippen LogP contribution in [0, 0.1) is 6.92 Å². The molecule has 0 bridgehead atoms. The second-order valence-corrected chi connectivity index (χ2v) is 6.91. The van der Waals surface area contributed by atoms with Crippen LogP contribution in [0.5, 0.6) is 0 Å². The molecule has 0 aliphatic heterocycles. The molecule has 3 aromatic rings. The molecule has 106 valence electrons. The number of fused-ring (bicyclic) bond motifs is 1. The van der Waals surface area contributed by atoms with E-state index in [4.69, 9.17) is 11.6 Å². The van der Waals surface area contributed by atoms with E-state index in [2.05, 4.69) is 71.4 Å². The Hall–Kier alpha value is -1.31. The van der Waals surface area contributed by atoms with Crippen LogP contribution in [0.25, 0.3) is 10.8 Å². The van der Waals surface area contributed by atoms with Gasteiger partial charge in [-0.15, -0.1) is 0 Å². The Bertz CT molecular complexity index is 754. The van der Waals surface area contributed by atoms with Crippen molar-refractivity contribution in [2.24, 2.45) is 0 Å². The average Bonchev–Trinajstić information content (AvgIpc) is 2.46. The molecule has 0 amide bonds. The first-order valence-electron chi connectivity index (χ1n) is 7.01. The molecule has 3 rings (SSSR count). The molecule has 3 aromatic carbocycles. The molecular formula is C19H16BrCl. The smallest absolute Gasteiger partial charge is 0.0436 e. The summed E-state index contributed by atoms with van der Waals surface area (Å²) in [7, 11) is 0. The third kappa shape index (κ3) is 3.30. The van der Waals surface area contributed by atoms with Gasteiger partial charge in [-0.2, -0.15) is 0 Å². The first kappa shape index (κ1) is 14.6. The highest BCUT2D eigenvalue weighted by Crippen LogP contribution is 2.32. The van der Waals surface area contributed by atoms with E-state index in [1.165, 1.54) is 27.5 Å². The molecule has 21 heavy (non-hydrogen) atoms. The van der Waals surface area contributed by atoms with Gasteiger partial charge in [0.25, 0.3) is 0 Å². The van der Waals surface area contributed by atoms with Crippen molar-refractivity contribution >= 4 is 38.3 Å². The fourth-order valence-electron chi connectivity index (χ4n) is 2.73. The van der Waals surface area contributed by atoms with Crippen molar-refractivity contribution in [3.8, 4) is 0 Å². The maximum absolute atomic E-state index is 6.17. The van der Waals surface area contributed by atoms with Crippen molar-refractivity contribution in [1.82, 2.24) is 0 Å². The summed E-state index contributed by atoms with van der Waals surface area (Å²) < 4.78 is 0. The third-order valence-corrected chi connectivity index (χ3v) is 4.78. The molecule has 0 nitrogen and oxygen atoms in total. The van der Waals surface area contributed by atoms with Crippen LogP contribution in [0.4, 0.5) is 0 Å². The second kappa shape index (κ2) is 6.21. The van der Waals surface area contributed by atoms with Gasteiger partial charge >= 0.3 is 0 Å². The number of halogens is 2. The van der Waals surface area contributed by atoms with Crippen LogP contribution < -0.4 is 0 Å². The summed E-state index contributed by atoms with van der Waals surface area (Å²) in [6.45, 7) is 2.08. The monoisotopic (exact) mass is 358 g/mol. The summed E-state index contributed by atoms with van der Waals surface area (Å²) in [5.74, 6) is 0. The molecule has 0 heterocycles. The molecule has 2 heteroatoms. The van der Waals surface area contributed by atoms with Crippen LogP contribution >= 0.6 is 27.5 Å². The lowest BCUT2D eigenvalue weighted by Gasteiger charge is -2.13. The minimum Gasteiger partial charge on any atom is -0.0843 e. The molecule has 0 radical (unpaired) electrons. The Kier molecular flexibility index (Phi) is 4.32. The highest BCUT2D eigenvalue weighted by molar-refractivity contribution is 9.09. The van der Waals surface area contributed by atoms with Crippen LogP contribution in [-0.4, -0.2) is 0 Å². The molecular weight excluding hydrogens is 344 g/mol. The quantitative estimate of drug-likeness (QED) is 0.469. The van der Waals surface area contributed by atoms with E-state index in [9.17, 15) is 0 Å². The SMILES string of the molecule is Cc1cc(Cl)cc(C(Br)Cc2cccc3ccccc23)c1. The first-order valence-corrected chi connectivity index (χ1v) is 8.30. The Morgan fingerprint density at radius 1 is 1.00 bits per heavy atom. The Labute approximate surface area is 138 Å². The van der Waals surface area contributed by atoms with Crippen molar-refractivity contribution in [1.29, 1.82) is 0 Å². The number of benzene rings is 3. The first-order chi connectivity index (χ1) is 10.1. The van der Waals surface area contributed by atoms with Gasteiger partial charge in [-0.05, 0) is 52.9 Å². The van der Waals surface area contributed by atoms with E-state index in [0.29, 0.717) is 0 Å². The van der Waals surface area contributed by atoms with Crippen molar-refractivity contribution in [3.63, 3.8) is 0 Å². The van der Waals surface area contributed by atoms with Gasteiger partial charge in [-0.1, -0.05) is 76.1 Å². The zero-order chi connectivity index (χ0) is 14.8. The predicted molar refractivity (Wildman–Crippen MR) is 95.5 cm³/mol. The van der Waals surface area contributed by atoms with Gasteiger partial charge in [0.05, 0.1) is 0 Å². The largest absolute Gasteiger partial charge is 0.0843 e. The molecule has 0 aromatic heterocycles. The summed E-state index contributed by atoms with van der Waals surface area (Å²) in [5, 5.41) is 3.41. The standard InChI is InChI=1S/C19H16BrCl/c1-13-9-16(11-17(21)10-13)19(20)12-15-7-4-6-14-5-2-3-8-18(14)15/h2-11,19H,12H2,1H3. The van der Waals surface area contributed by atoms with Gasteiger partial charge < -0.3 is 0 Å². The van der Waals surface area contributed by atoms with Crippen LogP contribution in [0.1, 0.15) is 21.5 Å². The molecule has 0 saturated heterocycles. The Morgan fingerprint density at radius 3 is 2.57 bits per heavy atom. The van der Waals surface area contributed by atoms with Crippen molar-refractivity contribution in [2.75, 3.05) is 0 Å². The van der Waals surface area contributed by atoms with Gasteiger partial charge in [-0.3, -0.25) is 0 Å². The summed E-state index contributed by atoms with van der Waals surface area (Å²) in [5.41, 5.74) is 3.78.